The summed E-state index contributed by atoms with van der Waals surface area (Å²) >= 11 is 0. The van der Waals surface area contributed by atoms with Gasteiger partial charge in [-0.2, -0.15) is 0 Å². The fourth-order valence-corrected chi connectivity index (χ4v) is 2.70. The molecular formula is C18H21NO. The summed E-state index contributed by atoms with van der Waals surface area (Å²) in [4.78, 5) is 0. The number of hydrogen-bond acceptors (Lipinski definition) is 2. The highest BCUT2D eigenvalue weighted by Crippen LogP contribution is 2.22. The van der Waals surface area contributed by atoms with Crippen LogP contribution in [0.3, 0.4) is 0 Å². The van der Waals surface area contributed by atoms with Crippen LogP contribution in [0.4, 0.5) is 0 Å². The van der Waals surface area contributed by atoms with Crippen LogP contribution in [0.25, 0.3) is 0 Å². The number of rotatable bonds is 4. The normalized spacial score (nSPS) is 18.7. The van der Waals surface area contributed by atoms with Crippen molar-refractivity contribution >= 4 is 0 Å². The molecule has 1 aliphatic heterocycles. The molecule has 1 N–H and O–H groups in total. The average Bonchev–Trinajstić information content (AvgIpc) is 2.51. The van der Waals surface area contributed by atoms with E-state index in [0.29, 0.717) is 6.04 Å². The Kier molecular flexibility index (Phi) is 4.34. The van der Waals surface area contributed by atoms with E-state index < -0.39 is 0 Å². The van der Waals surface area contributed by atoms with E-state index in [0.717, 1.165) is 17.9 Å². The largest absolute Gasteiger partial charge is 0.457 e. The maximum Gasteiger partial charge on any atom is 0.127 e. The van der Waals surface area contributed by atoms with Crippen molar-refractivity contribution in [2.45, 2.75) is 31.7 Å². The van der Waals surface area contributed by atoms with Crippen molar-refractivity contribution in [2.75, 3.05) is 6.54 Å². The molecule has 1 atom stereocenters. The van der Waals surface area contributed by atoms with Gasteiger partial charge < -0.3 is 10.1 Å². The standard InChI is InChI=1S/C18H21NO/c1-2-7-17(8-3-1)20-18-11-9-15(10-12-18)14-16-6-4-5-13-19-16/h1-3,7-12,16,19H,4-6,13-14H2. The van der Waals surface area contributed by atoms with Crippen molar-refractivity contribution in [3.8, 4) is 11.5 Å². The summed E-state index contributed by atoms with van der Waals surface area (Å²) < 4.78 is 5.81. The van der Waals surface area contributed by atoms with E-state index in [1.807, 2.05) is 30.3 Å². The first-order valence-corrected chi connectivity index (χ1v) is 7.45. The van der Waals surface area contributed by atoms with Crippen molar-refractivity contribution in [1.82, 2.24) is 5.32 Å². The van der Waals surface area contributed by atoms with Gasteiger partial charge in [0.2, 0.25) is 0 Å². The zero-order valence-electron chi connectivity index (χ0n) is 11.7. The zero-order chi connectivity index (χ0) is 13.6. The third-order valence-corrected chi connectivity index (χ3v) is 3.80. The summed E-state index contributed by atoms with van der Waals surface area (Å²) in [5.74, 6) is 1.78. The minimum Gasteiger partial charge on any atom is -0.457 e. The first-order valence-electron chi connectivity index (χ1n) is 7.45. The molecular weight excluding hydrogens is 246 g/mol. The third kappa shape index (κ3) is 3.61. The molecule has 0 bridgehead atoms. The van der Waals surface area contributed by atoms with Gasteiger partial charge in [0.05, 0.1) is 0 Å². The molecule has 0 amide bonds. The molecule has 20 heavy (non-hydrogen) atoms. The predicted octanol–water partition coefficient (Wildman–Crippen LogP) is 4.16. The van der Waals surface area contributed by atoms with Gasteiger partial charge in [-0.15, -0.1) is 0 Å². The Hall–Kier alpha value is -1.80. The van der Waals surface area contributed by atoms with E-state index in [-0.39, 0.29) is 0 Å². The first-order chi connectivity index (χ1) is 9.90. The van der Waals surface area contributed by atoms with E-state index in [1.54, 1.807) is 0 Å². The molecule has 3 rings (SSSR count). The van der Waals surface area contributed by atoms with Crippen molar-refractivity contribution in [3.05, 3.63) is 60.2 Å². The van der Waals surface area contributed by atoms with Crippen LogP contribution in [-0.4, -0.2) is 12.6 Å². The van der Waals surface area contributed by atoms with Crippen LogP contribution in [-0.2, 0) is 6.42 Å². The molecule has 0 spiro atoms. The van der Waals surface area contributed by atoms with Crippen LogP contribution in [0.2, 0.25) is 0 Å². The lowest BCUT2D eigenvalue weighted by Crippen LogP contribution is -2.35. The highest BCUT2D eigenvalue weighted by atomic mass is 16.5. The minimum absolute atomic E-state index is 0.643. The molecule has 2 heteroatoms. The molecule has 1 fully saturated rings. The average molecular weight is 267 g/mol. The summed E-state index contributed by atoms with van der Waals surface area (Å²) in [6.45, 7) is 1.17. The Labute approximate surface area is 120 Å². The SMILES string of the molecule is c1ccc(Oc2ccc(CC3CCCCN3)cc2)cc1. The van der Waals surface area contributed by atoms with E-state index in [9.17, 15) is 0 Å². The molecule has 1 heterocycles. The fourth-order valence-electron chi connectivity index (χ4n) is 2.70. The van der Waals surface area contributed by atoms with Gasteiger partial charge in [0.25, 0.3) is 0 Å². The van der Waals surface area contributed by atoms with Gasteiger partial charge in [0.1, 0.15) is 11.5 Å². The van der Waals surface area contributed by atoms with Gasteiger partial charge in [-0.05, 0) is 55.6 Å². The molecule has 0 saturated carbocycles. The van der Waals surface area contributed by atoms with Crippen LogP contribution in [0.1, 0.15) is 24.8 Å². The zero-order valence-corrected chi connectivity index (χ0v) is 11.7. The van der Waals surface area contributed by atoms with E-state index >= 15 is 0 Å². The minimum atomic E-state index is 0.643. The Morgan fingerprint density at radius 2 is 1.65 bits per heavy atom. The van der Waals surface area contributed by atoms with Gasteiger partial charge >= 0.3 is 0 Å². The Morgan fingerprint density at radius 1 is 0.900 bits per heavy atom. The second kappa shape index (κ2) is 6.58. The lowest BCUT2D eigenvalue weighted by molar-refractivity contribution is 0.399. The van der Waals surface area contributed by atoms with Gasteiger partial charge in [-0.3, -0.25) is 0 Å². The summed E-state index contributed by atoms with van der Waals surface area (Å²) in [5, 5.41) is 3.59. The molecule has 104 valence electrons. The molecule has 0 radical (unpaired) electrons. The Bertz CT molecular complexity index is 515. The summed E-state index contributed by atoms with van der Waals surface area (Å²) in [6.07, 6.45) is 5.08. The van der Waals surface area contributed by atoms with Gasteiger partial charge in [-0.1, -0.05) is 36.8 Å². The number of piperidine rings is 1. The first kappa shape index (κ1) is 13.2. The van der Waals surface area contributed by atoms with Crippen molar-refractivity contribution in [3.63, 3.8) is 0 Å². The third-order valence-electron chi connectivity index (χ3n) is 3.80. The molecule has 1 aliphatic rings. The van der Waals surface area contributed by atoms with E-state index in [1.165, 1.54) is 31.4 Å². The van der Waals surface area contributed by atoms with Crippen molar-refractivity contribution < 1.29 is 4.74 Å². The van der Waals surface area contributed by atoms with Crippen molar-refractivity contribution in [1.29, 1.82) is 0 Å². The lowest BCUT2D eigenvalue weighted by atomic mass is 9.98. The number of hydrogen-bond donors (Lipinski definition) is 1. The van der Waals surface area contributed by atoms with Crippen LogP contribution >= 0.6 is 0 Å². The van der Waals surface area contributed by atoms with Gasteiger partial charge in [-0.25, -0.2) is 0 Å². The van der Waals surface area contributed by atoms with Crippen LogP contribution < -0.4 is 10.1 Å². The van der Waals surface area contributed by atoms with Crippen molar-refractivity contribution in [2.24, 2.45) is 0 Å². The summed E-state index contributed by atoms with van der Waals surface area (Å²) in [6, 6.07) is 19.0. The summed E-state index contributed by atoms with van der Waals surface area (Å²) in [5.41, 5.74) is 1.38. The Balaban J connectivity index is 1.59. The van der Waals surface area contributed by atoms with E-state index in [2.05, 4.69) is 29.6 Å². The molecule has 1 saturated heterocycles. The molecule has 0 aliphatic carbocycles. The predicted molar refractivity (Wildman–Crippen MR) is 82.3 cm³/mol. The van der Waals surface area contributed by atoms with Crippen LogP contribution in [0.15, 0.2) is 54.6 Å². The molecule has 2 aromatic carbocycles. The monoisotopic (exact) mass is 267 g/mol. The maximum absolute atomic E-state index is 5.81. The molecule has 2 aromatic rings. The quantitative estimate of drug-likeness (QED) is 0.898. The topological polar surface area (TPSA) is 21.3 Å². The van der Waals surface area contributed by atoms with E-state index in [4.69, 9.17) is 4.74 Å². The molecule has 2 nitrogen and oxygen atoms in total. The molecule has 1 unspecified atom stereocenters. The second-order valence-electron chi connectivity index (χ2n) is 5.41. The number of para-hydroxylation sites is 1. The Morgan fingerprint density at radius 3 is 2.35 bits per heavy atom. The molecule has 0 aromatic heterocycles. The smallest absolute Gasteiger partial charge is 0.127 e. The maximum atomic E-state index is 5.81. The highest BCUT2D eigenvalue weighted by Gasteiger charge is 2.12. The van der Waals surface area contributed by atoms with Gasteiger partial charge in [0, 0.05) is 6.04 Å². The van der Waals surface area contributed by atoms with Crippen LogP contribution in [0, 0.1) is 0 Å². The number of benzene rings is 2. The van der Waals surface area contributed by atoms with Crippen LogP contribution in [0.5, 0.6) is 11.5 Å². The lowest BCUT2D eigenvalue weighted by Gasteiger charge is -2.23. The number of ether oxygens (including phenoxy) is 1. The number of nitrogens with one attached hydrogen (secondary N) is 1. The summed E-state index contributed by atoms with van der Waals surface area (Å²) in [7, 11) is 0. The van der Waals surface area contributed by atoms with Gasteiger partial charge in [0.15, 0.2) is 0 Å². The second-order valence-corrected chi connectivity index (χ2v) is 5.41. The fraction of sp³-hybridized carbons (Fsp3) is 0.333. The highest BCUT2D eigenvalue weighted by molar-refractivity contribution is 5.33.